The summed E-state index contributed by atoms with van der Waals surface area (Å²) in [6.45, 7) is 8.53. The molecule has 2 aromatic rings. The lowest BCUT2D eigenvalue weighted by Crippen LogP contribution is -2.57. The Hall–Kier alpha value is -1.78. The Labute approximate surface area is 162 Å². The maximum absolute atomic E-state index is 11.0. The smallest absolute Gasteiger partial charge is 0.307 e. The minimum absolute atomic E-state index is 0.00464. The molecule has 0 saturated carbocycles. The van der Waals surface area contributed by atoms with Crippen LogP contribution in [0.2, 0.25) is 26.2 Å². The molecule has 0 bridgehead atoms. The van der Waals surface area contributed by atoms with Crippen LogP contribution in [0.25, 0.3) is 0 Å². The highest BCUT2D eigenvalue weighted by molar-refractivity contribution is 6.96. The van der Waals surface area contributed by atoms with Crippen molar-refractivity contribution in [2.75, 3.05) is 0 Å². The molecule has 27 heavy (non-hydrogen) atoms. The number of hydrogen-bond acceptors (Lipinski definition) is 4. The highest BCUT2D eigenvalue weighted by Crippen LogP contribution is 2.17. The van der Waals surface area contributed by atoms with Gasteiger partial charge in [-0.25, -0.2) is 0 Å². The van der Waals surface area contributed by atoms with Gasteiger partial charge in [0.2, 0.25) is 16.6 Å². The number of aliphatic hydroxyl groups excluding tert-OH is 1. The van der Waals surface area contributed by atoms with E-state index >= 15 is 0 Å². The molecular weight excluding hydrogens is 376 g/mol. The van der Waals surface area contributed by atoms with Gasteiger partial charge in [-0.15, -0.1) is 0 Å². The molecule has 0 atom stereocenters. The predicted molar refractivity (Wildman–Crippen MR) is 111 cm³/mol. The van der Waals surface area contributed by atoms with Gasteiger partial charge in [0.05, 0.1) is 6.42 Å². The number of aliphatic hydroxyl groups is 2. The van der Waals surface area contributed by atoms with E-state index in [0.29, 0.717) is 0 Å². The average molecular weight is 405 g/mol. The predicted octanol–water partition coefficient (Wildman–Crippen LogP) is 1.71. The van der Waals surface area contributed by atoms with E-state index in [1.807, 2.05) is 48.5 Å². The van der Waals surface area contributed by atoms with Gasteiger partial charge in [0.15, 0.2) is 6.29 Å². The van der Waals surface area contributed by atoms with Crippen molar-refractivity contribution in [1.29, 1.82) is 0 Å². The van der Waals surface area contributed by atoms with Crippen molar-refractivity contribution in [1.82, 2.24) is 0 Å². The third-order valence-corrected chi connectivity index (χ3v) is 12.0. The minimum Gasteiger partial charge on any atom is -0.481 e. The van der Waals surface area contributed by atoms with Gasteiger partial charge < -0.3 is 19.4 Å². The molecule has 0 aliphatic rings. The zero-order valence-corrected chi connectivity index (χ0v) is 18.3. The molecule has 2 aromatic carbocycles. The van der Waals surface area contributed by atoms with Crippen LogP contribution in [-0.2, 0) is 21.8 Å². The fourth-order valence-corrected chi connectivity index (χ4v) is 11.4. The van der Waals surface area contributed by atoms with Crippen molar-refractivity contribution in [3.05, 3.63) is 59.7 Å². The Morgan fingerprint density at radius 3 is 1.89 bits per heavy atom. The topological polar surface area (TPSA) is 87.0 Å². The van der Waals surface area contributed by atoms with Gasteiger partial charge in [0.1, 0.15) is 0 Å². The quantitative estimate of drug-likeness (QED) is 0.461. The van der Waals surface area contributed by atoms with Crippen LogP contribution >= 0.6 is 0 Å². The Bertz CT molecular complexity index is 802. The first-order chi connectivity index (χ1) is 12.5. The van der Waals surface area contributed by atoms with Gasteiger partial charge in [0.25, 0.3) is 0 Å². The number of carboxylic acids is 1. The number of rotatable bonds is 8. The van der Waals surface area contributed by atoms with Gasteiger partial charge in [-0.3, -0.25) is 4.79 Å². The van der Waals surface area contributed by atoms with Crippen LogP contribution in [0, 0.1) is 0 Å². The summed E-state index contributed by atoms with van der Waals surface area (Å²) in [4.78, 5) is 11.0. The van der Waals surface area contributed by atoms with E-state index in [0.717, 1.165) is 21.5 Å². The molecule has 3 N–H and O–H groups in total. The van der Waals surface area contributed by atoms with E-state index in [1.54, 1.807) is 0 Å². The lowest BCUT2D eigenvalue weighted by molar-refractivity contribution is -0.136. The first-order valence-electron chi connectivity index (χ1n) is 8.96. The molecule has 7 heteroatoms. The highest BCUT2D eigenvalue weighted by atomic mass is 28.4. The van der Waals surface area contributed by atoms with Crippen LogP contribution in [0.5, 0.6) is 0 Å². The largest absolute Gasteiger partial charge is 0.481 e. The van der Waals surface area contributed by atoms with E-state index in [-0.39, 0.29) is 12.8 Å². The fourth-order valence-electron chi connectivity index (χ4n) is 3.27. The third-order valence-electron chi connectivity index (χ3n) is 4.53. The van der Waals surface area contributed by atoms with Crippen molar-refractivity contribution >= 4 is 33.0 Å². The molecule has 2 rings (SSSR count). The number of hydrogen-bond donors (Lipinski definition) is 3. The van der Waals surface area contributed by atoms with Crippen molar-refractivity contribution in [2.45, 2.75) is 45.3 Å². The molecule has 0 saturated heterocycles. The standard InChI is InChI=1S/C20H28O5Si2/c1-26(2,17-9-5-7-15(11-17)13-19(21)22)25-27(3,4)18-10-6-8-16(12-18)14-20(23)24/h5-12,19,21-22H,13-14H2,1-4H3,(H,23,24). The van der Waals surface area contributed by atoms with E-state index in [9.17, 15) is 15.0 Å². The monoisotopic (exact) mass is 404 g/mol. The summed E-state index contributed by atoms with van der Waals surface area (Å²) in [5.41, 5.74) is 1.65. The highest BCUT2D eigenvalue weighted by Gasteiger charge is 2.36. The zero-order valence-electron chi connectivity index (χ0n) is 16.3. The normalized spacial score (nSPS) is 12.4. The summed E-state index contributed by atoms with van der Waals surface area (Å²) >= 11 is 0. The fraction of sp³-hybridized carbons (Fsp3) is 0.350. The van der Waals surface area contributed by atoms with Gasteiger partial charge in [-0.05, 0) is 47.7 Å². The van der Waals surface area contributed by atoms with Crippen molar-refractivity contribution in [3.8, 4) is 0 Å². The molecular formula is C20H28O5Si2. The van der Waals surface area contributed by atoms with Crippen LogP contribution in [0.15, 0.2) is 48.5 Å². The van der Waals surface area contributed by atoms with Gasteiger partial charge in [-0.2, -0.15) is 0 Å². The number of carbonyl (C=O) groups is 1. The lowest BCUT2D eigenvalue weighted by Gasteiger charge is -2.35. The van der Waals surface area contributed by atoms with E-state index in [1.165, 1.54) is 0 Å². The Morgan fingerprint density at radius 1 is 0.926 bits per heavy atom. The van der Waals surface area contributed by atoms with Crippen LogP contribution < -0.4 is 10.4 Å². The second-order valence-corrected chi connectivity index (χ2v) is 15.8. The van der Waals surface area contributed by atoms with Gasteiger partial charge in [-0.1, -0.05) is 48.5 Å². The molecule has 0 amide bonds. The molecule has 0 spiro atoms. The summed E-state index contributed by atoms with van der Waals surface area (Å²) in [5.74, 6) is -0.842. The van der Waals surface area contributed by atoms with E-state index < -0.39 is 28.9 Å². The molecule has 0 unspecified atom stereocenters. The van der Waals surface area contributed by atoms with Crippen molar-refractivity contribution < 1.29 is 24.2 Å². The third kappa shape index (κ3) is 6.12. The van der Waals surface area contributed by atoms with Gasteiger partial charge >= 0.3 is 5.97 Å². The van der Waals surface area contributed by atoms with Crippen molar-refractivity contribution in [3.63, 3.8) is 0 Å². The maximum atomic E-state index is 11.0. The zero-order chi connectivity index (χ0) is 20.2. The first-order valence-corrected chi connectivity index (χ1v) is 14.8. The summed E-state index contributed by atoms with van der Waals surface area (Å²) in [7, 11) is -4.51. The van der Waals surface area contributed by atoms with Crippen LogP contribution in [-0.4, -0.2) is 44.2 Å². The number of benzene rings is 2. The molecule has 146 valence electrons. The molecule has 0 radical (unpaired) electrons. The van der Waals surface area contributed by atoms with Gasteiger partial charge in [0, 0.05) is 6.42 Å². The minimum atomic E-state index is -2.26. The average Bonchev–Trinajstić information content (AvgIpc) is 2.53. The first kappa shape index (κ1) is 21.5. The van der Waals surface area contributed by atoms with Crippen molar-refractivity contribution in [2.24, 2.45) is 0 Å². The summed E-state index contributed by atoms with van der Waals surface area (Å²) in [6, 6.07) is 15.5. The summed E-state index contributed by atoms with van der Waals surface area (Å²) in [5, 5.41) is 29.7. The Morgan fingerprint density at radius 2 is 1.41 bits per heavy atom. The van der Waals surface area contributed by atoms with Crippen LogP contribution in [0.1, 0.15) is 11.1 Å². The summed E-state index contributed by atoms with van der Waals surface area (Å²) in [6.07, 6.45) is -1.17. The Balaban J connectivity index is 2.26. The second kappa shape index (κ2) is 8.49. The van der Waals surface area contributed by atoms with Crippen LogP contribution in [0.4, 0.5) is 0 Å². The SMILES string of the molecule is C[Si](C)(O[Si](C)(C)c1cccc(CC(O)O)c1)c1cccc(CC(=O)O)c1. The maximum Gasteiger partial charge on any atom is 0.307 e. The molecule has 0 fully saturated rings. The molecule has 5 nitrogen and oxygen atoms in total. The molecule has 0 aliphatic carbocycles. The number of carboxylic acid groups (broad SMARTS) is 1. The second-order valence-electron chi connectivity index (χ2n) is 7.78. The van der Waals surface area contributed by atoms with E-state index in [2.05, 4.69) is 26.2 Å². The number of aliphatic carboxylic acids is 1. The lowest BCUT2D eigenvalue weighted by atomic mass is 10.1. The molecule has 0 heterocycles. The molecule has 0 aromatic heterocycles. The van der Waals surface area contributed by atoms with Crippen LogP contribution in [0.3, 0.4) is 0 Å². The molecule has 0 aliphatic heterocycles. The van der Waals surface area contributed by atoms with E-state index in [4.69, 9.17) is 9.22 Å². The Kier molecular flexibility index (Phi) is 6.77. The summed E-state index contributed by atoms with van der Waals surface area (Å²) < 4.78 is 6.72.